The highest BCUT2D eigenvalue weighted by atomic mass is 16.5. The average molecular weight is 389 g/mol. The fraction of sp³-hybridized carbons (Fsp3) is 0.238. The number of nitriles is 1. The summed E-state index contributed by atoms with van der Waals surface area (Å²) in [5.41, 5.74) is 2.52. The molecule has 29 heavy (non-hydrogen) atoms. The van der Waals surface area contributed by atoms with E-state index in [1.54, 1.807) is 30.5 Å². The standard InChI is InChI=1S/C21H19N5O3/c22-13-15-11-14(1-2-19(15)29-17-5-9-28-10-6-17)18-4-8-24-21(26-18)25-16-3-7-23-20(27)12-16/h1-4,7-8,11-12,17H,5-6,9-10H2,(H2,23,24,25,26,27). The summed E-state index contributed by atoms with van der Waals surface area (Å²) in [7, 11) is 0. The van der Waals surface area contributed by atoms with Crippen molar-refractivity contribution in [3.63, 3.8) is 0 Å². The Morgan fingerprint density at radius 3 is 2.72 bits per heavy atom. The minimum Gasteiger partial charge on any atom is -0.493 e. The van der Waals surface area contributed by atoms with Crippen molar-refractivity contribution in [1.82, 2.24) is 15.0 Å². The molecule has 0 bridgehead atoms. The van der Waals surface area contributed by atoms with Crippen LogP contribution in [0.25, 0.3) is 11.3 Å². The molecule has 4 rings (SSSR count). The number of aromatic nitrogens is 3. The molecule has 3 heterocycles. The maximum absolute atomic E-state index is 9.57. The molecule has 0 spiro atoms. The van der Waals surface area contributed by atoms with Gasteiger partial charge in [0.1, 0.15) is 17.9 Å². The number of benzene rings is 1. The Balaban J connectivity index is 1.55. The first kappa shape index (κ1) is 18.7. The lowest BCUT2D eigenvalue weighted by atomic mass is 10.1. The molecule has 1 aliphatic rings. The monoisotopic (exact) mass is 389 g/mol. The van der Waals surface area contributed by atoms with E-state index in [0.717, 1.165) is 18.4 Å². The molecule has 0 unspecified atom stereocenters. The molecular weight excluding hydrogens is 370 g/mol. The lowest BCUT2D eigenvalue weighted by Gasteiger charge is -2.23. The van der Waals surface area contributed by atoms with Crippen molar-refractivity contribution >= 4 is 11.6 Å². The number of anilines is 2. The highest BCUT2D eigenvalue weighted by Gasteiger charge is 2.17. The minimum atomic E-state index is -0.0927. The number of nitrogens with one attached hydrogen (secondary N) is 1. The molecule has 3 aromatic rings. The van der Waals surface area contributed by atoms with Gasteiger partial charge in [0.15, 0.2) is 0 Å². The van der Waals surface area contributed by atoms with E-state index in [4.69, 9.17) is 9.47 Å². The summed E-state index contributed by atoms with van der Waals surface area (Å²) in [4.78, 5) is 12.4. The van der Waals surface area contributed by atoms with Crippen molar-refractivity contribution < 1.29 is 14.6 Å². The van der Waals surface area contributed by atoms with Gasteiger partial charge < -0.3 is 19.9 Å². The fourth-order valence-electron chi connectivity index (χ4n) is 3.06. The molecule has 1 aromatic carbocycles. The van der Waals surface area contributed by atoms with E-state index < -0.39 is 0 Å². The summed E-state index contributed by atoms with van der Waals surface area (Å²) in [5, 5.41) is 22.1. The molecule has 2 N–H and O–H groups in total. The molecule has 1 aliphatic heterocycles. The van der Waals surface area contributed by atoms with E-state index in [9.17, 15) is 10.4 Å². The third-order valence-electron chi connectivity index (χ3n) is 4.51. The zero-order valence-electron chi connectivity index (χ0n) is 15.6. The Bertz CT molecular complexity index is 1040. The molecule has 0 atom stereocenters. The number of hydrogen-bond acceptors (Lipinski definition) is 8. The second kappa shape index (κ2) is 8.54. The summed E-state index contributed by atoms with van der Waals surface area (Å²) in [6.45, 7) is 1.35. The van der Waals surface area contributed by atoms with Crippen LogP contribution in [0.2, 0.25) is 0 Å². The van der Waals surface area contributed by atoms with E-state index in [-0.39, 0.29) is 12.0 Å². The van der Waals surface area contributed by atoms with Gasteiger partial charge in [-0.25, -0.2) is 15.0 Å². The number of rotatable bonds is 5. The first-order valence-corrected chi connectivity index (χ1v) is 9.25. The van der Waals surface area contributed by atoms with Crippen LogP contribution in [0.3, 0.4) is 0 Å². The van der Waals surface area contributed by atoms with Crippen LogP contribution in [0.15, 0.2) is 48.8 Å². The lowest BCUT2D eigenvalue weighted by molar-refractivity contribution is 0.0254. The van der Waals surface area contributed by atoms with Crippen LogP contribution in [0.1, 0.15) is 18.4 Å². The summed E-state index contributed by atoms with van der Waals surface area (Å²) in [6.07, 6.45) is 4.81. The van der Waals surface area contributed by atoms with Gasteiger partial charge in [-0.05, 0) is 30.3 Å². The molecule has 1 fully saturated rings. The number of nitrogens with zero attached hydrogens (tertiary/aromatic N) is 4. The lowest BCUT2D eigenvalue weighted by Crippen LogP contribution is -2.26. The van der Waals surface area contributed by atoms with Gasteiger partial charge in [0, 0.05) is 42.6 Å². The van der Waals surface area contributed by atoms with Crippen molar-refractivity contribution in [1.29, 1.82) is 5.26 Å². The van der Waals surface area contributed by atoms with Crippen LogP contribution in [-0.2, 0) is 4.74 Å². The zero-order chi connectivity index (χ0) is 20.1. The van der Waals surface area contributed by atoms with Crippen LogP contribution in [0.4, 0.5) is 11.6 Å². The van der Waals surface area contributed by atoms with E-state index >= 15 is 0 Å². The molecule has 2 aromatic heterocycles. The molecular formula is C21H19N5O3. The van der Waals surface area contributed by atoms with Crippen LogP contribution < -0.4 is 10.1 Å². The average Bonchev–Trinajstić information content (AvgIpc) is 2.75. The van der Waals surface area contributed by atoms with Crippen LogP contribution in [-0.4, -0.2) is 39.4 Å². The smallest absolute Gasteiger partial charge is 0.227 e. The Kier molecular flexibility index (Phi) is 5.49. The van der Waals surface area contributed by atoms with Gasteiger partial charge in [-0.1, -0.05) is 0 Å². The van der Waals surface area contributed by atoms with Crippen molar-refractivity contribution in [3.8, 4) is 29.0 Å². The van der Waals surface area contributed by atoms with E-state index in [2.05, 4.69) is 26.3 Å². The fourth-order valence-corrected chi connectivity index (χ4v) is 3.06. The van der Waals surface area contributed by atoms with Crippen LogP contribution in [0, 0.1) is 11.3 Å². The SMILES string of the molecule is N#Cc1cc(-c2ccnc(Nc3ccnc(O)c3)n2)ccc1OC1CCOCC1. The summed E-state index contributed by atoms with van der Waals surface area (Å²) < 4.78 is 11.4. The van der Waals surface area contributed by atoms with E-state index in [1.807, 2.05) is 6.07 Å². The molecule has 146 valence electrons. The van der Waals surface area contributed by atoms with E-state index in [1.165, 1.54) is 12.3 Å². The number of ether oxygens (including phenoxy) is 2. The second-order valence-corrected chi connectivity index (χ2v) is 6.55. The number of pyridine rings is 1. The largest absolute Gasteiger partial charge is 0.493 e. The van der Waals surface area contributed by atoms with Gasteiger partial charge in [-0.2, -0.15) is 5.26 Å². The predicted octanol–water partition coefficient (Wildman–Crippen LogP) is 3.42. The maximum atomic E-state index is 9.57. The third kappa shape index (κ3) is 4.59. The van der Waals surface area contributed by atoms with E-state index in [0.29, 0.717) is 41.9 Å². The van der Waals surface area contributed by atoms with Gasteiger partial charge in [-0.3, -0.25) is 0 Å². The Labute approximate surface area is 167 Å². The Morgan fingerprint density at radius 1 is 1.10 bits per heavy atom. The van der Waals surface area contributed by atoms with Crippen molar-refractivity contribution in [2.75, 3.05) is 18.5 Å². The highest BCUT2D eigenvalue weighted by Crippen LogP contribution is 2.28. The third-order valence-corrected chi connectivity index (χ3v) is 4.51. The van der Waals surface area contributed by atoms with Crippen LogP contribution in [0.5, 0.6) is 11.6 Å². The zero-order valence-corrected chi connectivity index (χ0v) is 15.6. The summed E-state index contributed by atoms with van der Waals surface area (Å²) >= 11 is 0. The predicted molar refractivity (Wildman–Crippen MR) is 106 cm³/mol. The summed E-state index contributed by atoms with van der Waals surface area (Å²) in [6, 6.07) is 12.6. The van der Waals surface area contributed by atoms with Crippen molar-refractivity contribution in [2.24, 2.45) is 0 Å². The van der Waals surface area contributed by atoms with Gasteiger partial charge in [-0.15, -0.1) is 0 Å². The van der Waals surface area contributed by atoms with Gasteiger partial charge in [0.05, 0.1) is 24.5 Å². The van der Waals surface area contributed by atoms with Crippen molar-refractivity contribution in [3.05, 3.63) is 54.4 Å². The Morgan fingerprint density at radius 2 is 1.93 bits per heavy atom. The maximum Gasteiger partial charge on any atom is 0.227 e. The second-order valence-electron chi connectivity index (χ2n) is 6.55. The van der Waals surface area contributed by atoms with Gasteiger partial charge in [0.2, 0.25) is 11.8 Å². The molecule has 0 radical (unpaired) electrons. The van der Waals surface area contributed by atoms with Crippen molar-refractivity contribution in [2.45, 2.75) is 18.9 Å². The first-order valence-electron chi connectivity index (χ1n) is 9.25. The Hall–Kier alpha value is -3.70. The molecule has 8 nitrogen and oxygen atoms in total. The molecule has 0 aliphatic carbocycles. The quantitative estimate of drug-likeness (QED) is 0.682. The highest BCUT2D eigenvalue weighted by molar-refractivity contribution is 5.65. The van der Waals surface area contributed by atoms with Gasteiger partial charge in [0.25, 0.3) is 0 Å². The molecule has 0 amide bonds. The molecule has 0 saturated carbocycles. The molecule has 1 saturated heterocycles. The molecule has 8 heteroatoms. The van der Waals surface area contributed by atoms with Gasteiger partial charge >= 0.3 is 0 Å². The minimum absolute atomic E-state index is 0.0633. The topological polar surface area (TPSA) is 113 Å². The number of hydrogen-bond donors (Lipinski definition) is 2. The normalized spacial score (nSPS) is 14.2. The first-order chi connectivity index (χ1) is 14.2. The number of aromatic hydroxyl groups is 1. The summed E-state index contributed by atoms with van der Waals surface area (Å²) in [5.74, 6) is 0.849. The van der Waals surface area contributed by atoms with Crippen LogP contribution >= 0.6 is 0 Å².